The standard InChI is InChI=1S/C36H51BN6O4SSi2/c1-49(2,3)16-14-46-25-41(26-47-15-17-50(4,5)6)35-20-34(29-18-30-23-48(44,45)24-31(19-29)42(30)37)40-36-32(22-39-43(35)36)28-12-13-33(38-21-28)27-10-8-7-9-11-27/h7-13,20-22,29-31H,14-19,23-26H2,1-6H3. The van der Waals surface area contributed by atoms with Gasteiger partial charge >= 0.3 is 0 Å². The number of ether oxygens (including phenoxy) is 2. The van der Waals surface area contributed by atoms with Gasteiger partial charge in [0.05, 0.1) is 23.4 Å². The van der Waals surface area contributed by atoms with Crippen LogP contribution in [0.3, 0.4) is 0 Å². The molecule has 266 valence electrons. The molecule has 0 spiro atoms. The van der Waals surface area contributed by atoms with Crippen LogP contribution >= 0.6 is 0 Å². The third-order valence-corrected chi connectivity index (χ3v) is 14.9. The van der Waals surface area contributed by atoms with Crippen LogP contribution in [0.2, 0.25) is 51.4 Å². The van der Waals surface area contributed by atoms with E-state index in [0.717, 1.165) is 46.0 Å². The van der Waals surface area contributed by atoms with E-state index in [1.54, 1.807) is 4.81 Å². The van der Waals surface area contributed by atoms with E-state index >= 15 is 0 Å². The van der Waals surface area contributed by atoms with E-state index in [1.165, 1.54) is 0 Å². The lowest BCUT2D eigenvalue weighted by Crippen LogP contribution is -2.57. The molecule has 1 aromatic carbocycles. The summed E-state index contributed by atoms with van der Waals surface area (Å²) in [4.78, 5) is 14.0. The zero-order chi connectivity index (χ0) is 35.7. The third kappa shape index (κ3) is 9.12. The van der Waals surface area contributed by atoms with Crippen LogP contribution in [0.25, 0.3) is 28.0 Å². The lowest BCUT2D eigenvalue weighted by molar-refractivity contribution is 0.0942. The first-order chi connectivity index (χ1) is 23.7. The fraction of sp³-hybridized carbons (Fsp3) is 0.528. The van der Waals surface area contributed by atoms with Gasteiger partial charge in [0.25, 0.3) is 0 Å². The molecule has 6 rings (SSSR count). The third-order valence-electron chi connectivity index (χ3n) is 9.70. The monoisotopic (exact) mass is 730 g/mol. The largest absolute Gasteiger partial charge is 0.361 e. The van der Waals surface area contributed by atoms with E-state index in [9.17, 15) is 8.42 Å². The van der Waals surface area contributed by atoms with Crippen molar-refractivity contribution in [3.05, 3.63) is 66.6 Å². The molecule has 0 amide bonds. The SMILES string of the molecule is [B]N1C2CC(c3cc(N(COCC[Si](C)(C)C)COCC[Si](C)(C)C)n4ncc(-c5ccc(-c6ccccc6)nc5)c4n3)CC1CS(=O)(=O)C2. The Morgan fingerprint density at radius 2 is 1.48 bits per heavy atom. The van der Waals surface area contributed by atoms with Crippen LogP contribution in [-0.4, -0.2) is 107 Å². The molecule has 0 aliphatic carbocycles. The Bertz CT molecular complexity index is 1820. The van der Waals surface area contributed by atoms with Gasteiger partial charge in [-0.25, -0.2) is 13.4 Å². The average molecular weight is 731 g/mol. The van der Waals surface area contributed by atoms with Gasteiger partial charge in [0.2, 0.25) is 0 Å². The summed E-state index contributed by atoms with van der Waals surface area (Å²) in [6.07, 6.45) is 4.97. The quantitative estimate of drug-likeness (QED) is 0.0839. The Kier molecular flexibility index (Phi) is 11.1. The summed E-state index contributed by atoms with van der Waals surface area (Å²) >= 11 is 0. The van der Waals surface area contributed by atoms with Crippen LogP contribution in [0.4, 0.5) is 5.82 Å². The average Bonchev–Trinajstić information content (AvgIpc) is 3.48. The molecular weight excluding hydrogens is 679 g/mol. The molecule has 2 aliphatic rings. The van der Waals surface area contributed by atoms with Crippen LogP contribution in [0.5, 0.6) is 0 Å². The first-order valence-corrected chi connectivity index (χ1v) is 26.9. The van der Waals surface area contributed by atoms with Crippen molar-refractivity contribution in [2.24, 2.45) is 0 Å². The summed E-state index contributed by atoms with van der Waals surface area (Å²) in [6, 6.07) is 18.0. The molecule has 2 bridgehead atoms. The van der Waals surface area contributed by atoms with Gasteiger partial charge in [-0.05, 0) is 31.0 Å². The molecular formula is C36H51BN6O4SSi2. The van der Waals surface area contributed by atoms with Crippen molar-refractivity contribution < 1.29 is 17.9 Å². The Morgan fingerprint density at radius 1 is 0.860 bits per heavy atom. The van der Waals surface area contributed by atoms with E-state index in [1.807, 2.05) is 41.2 Å². The molecule has 0 N–H and O–H groups in total. The maximum Gasteiger partial charge on any atom is 0.183 e. The van der Waals surface area contributed by atoms with Crippen molar-refractivity contribution in [1.29, 1.82) is 0 Å². The molecule has 10 nitrogen and oxygen atoms in total. The van der Waals surface area contributed by atoms with Gasteiger partial charge in [0.1, 0.15) is 19.3 Å². The number of rotatable bonds is 14. The number of fused-ring (bicyclic) bond motifs is 3. The first kappa shape index (κ1) is 36.9. The second kappa shape index (κ2) is 15.0. The molecule has 4 aromatic rings. The molecule has 2 aliphatic heterocycles. The minimum Gasteiger partial charge on any atom is -0.361 e. The van der Waals surface area contributed by atoms with Crippen LogP contribution in [0, 0.1) is 0 Å². The Labute approximate surface area is 301 Å². The number of nitrogens with zero attached hydrogens (tertiary/aromatic N) is 6. The number of sulfone groups is 1. The Morgan fingerprint density at radius 3 is 2.04 bits per heavy atom. The van der Waals surface area contributed by atoms with Crippen LogP contribution < -0.4 is 4.90 Å². The first-order valence-electron chi connectivity index (χ1n) is 17.7. The van der Waals surface area contributed by atoms with Gasteiger partial charge in [-0.1, -0.05) is 75.7 Å². The summed E-state index contributed by atoms with van der Waals surface area (Å²) < 4.78 is 39.9. The predicted molar refractivity (Wildman–Crippen MR) is 208 cm³/mol. The van der Waals surface area contributed by atoms with Crippen LogP contribution in [0.15, 0.2) is 60.9 Å². The van der Waals surface area contributed by atoms with Gasteiger partial charge in [0, 0.05) is 82.0 Å². The van der Waals surface area contributed by atoms with Crippen molar-refractivity contribution in [3.8, 4) is 22.4 Å². The van der Waals surface area contributed by atoms with E-state index in [2.05, 4.69) is 68.4 Å². The van der Waals surface area contributed by atoms with Crippen molar-refractivity contribution >= 4 is 45.4 Å². The molecule has 2 radical (unpaired) electrons. The van der Waals surface area contributed by atoms with E-state index in [-0.39, 0.29) is 29.5 Å². The van der Waals surface area contributed by atoms with Crippen molar-refractivity contribution in [2.45, 2.75) is 82.2 Å². The smallest absolute Gasteiger partial charge is 0.183 e. The van der Waals surface area contributed by atoms with E-state index < -0.39 is 26.0 Å². The number of pyridine rings is 1. The highest BCUT2D eigenvalue weighted by atomic mass is 32.2. The maximum absolute atomic E-state index is 12.7. The molecule has 2 unspecified atom stereocenters. The number of benzene rings is 1. The Balaban J connectivity index is 1.38. The number of hydrogen-bond acceptors (Lipinski definition) is 9. The summed E-state index contributed by atoms with van der Waals surface area (Å²) in [5, 5.41) is 4.89. The van der Waals surface area contributed by atoms with Crippen LogP contribution in [-0.2, 0) is 19.3 Å². The normalized spacial score (nSPS) is 21.0. The number of hydrogen-bond donors (Lipinski definition) is 0. The van der Waals surface area contributed by atoms with E-state index in [4.69, 9.17) is 32.5 Å². The van der Waals surface area contributed by atoms with E-state index in [0.29, 0.717) is 45.2 Å². The Hall–Kier alpha value is -2.88. The molecule has 5 heterocycles. The number of aromatic nitrogens is 4. The van der Waals surface area contributed by atoms with Gasteiger partial charge in [-0.2, -0.15) is 9.61 Å². The van der Waals surface area contributed by atoms with Gasteiger partial charge in [-0.15, -0.1) is 0 Å². The molecule has 3 aromatic heterocycles. The molecule has 50 heavy (non-hydrogen) atoms. The van der Waals surface area contributed by atoms with Crippen molar-refractivity contribution in [2.75, 3.05) is 43.1 Å². The fourth-order valence-corrected chi connectivity index (χ4v) is 10.1. The second-order valence-corrected chi connectivity index (χ2v) is 29.8. The summed E-state index contributed by atoms with van der Waals surface area (Å²) in [7, 11) is 0.733. The lowest BCUT2D eigenvalue weighted by atomic mass is 9.82. The molecule has 2 saturated heterocycles. The zero-order valence-corrected chi connectivity index (χ0v) is 33.2. The summed E-state index contributed by atoms with van der Waals surface area (Å²) in [6.45, 7) is 16.2. The summed E-state index contributed by atoms with van der Waals surface area (Å²) in [5.41, 5.74) is 5.36. The minimum atomic E-state index is -3.14. The molecule has 2 fully saturated rings. The topological polar surface area (TPSA) is 102 Å². The zero-order valence-electron chi connectivity index (χ0n) is 30.4. The maximum atomic E-state index is 12.7. The van der Waals surface area contributed by atoms with Crippen molar-refractivity contribution in [3.63, 3.8) is 0 Å². The fourth-order valence-electron chi connectivity index (χ4n) is 6.71. The second-order valence-electron chi connectivity index (χ2n) is 16.4. The molecule has 14 heteroatoms. The molecule has 2 atom stereocenters. The van der Waals surface area contributed by atoms with Gasteiger partial charge in [-0.3, -0.25) is 4.98 Å². The highest BCUT2D eigenvalue weighted by Gasteiger charge is 2.42. The highest BCUT2D eigenvalue weighted by Crippen LogP contribution is 2.39. The van der Waals surface area contributed by atoms with Crippen molar-refractivity contribution in [1.82, 2.24) is 24.4 Å². The lowest BCUT2D eigenvalue weighted by Gasteiger charge is -2.47. The predicted octanol–water partition coefficient (Wildman–Crippen LogP) is 6.32. The number of piperidine rings is 1. The summed E-state index contributed by atoms with van der Waals surface area (Å²) in [5.74, 6) is 1.02. The van der Waals surface area contributed by atoms with Crippen LogP contribution in [0.1, 0.15) is 24.5 Å². The highest BCUT2D eigenvalue weighted by molar-refractivity contribution is 7.91. The minimum absolute atomic E-state index is 0.0350. The molecule has 0 saturated carbocycles. The number of anilines is 1. The van der Waals surface area contributed by atoms with Gasteiger partial charge < -0.3 is 19.2 Å². The van der Waals surface area contributed by atoms with Gasteiger partial charge in [0.15, 0.2) is 23.5 Å².